The van der Waals surface area contributed by atoms with E-state index in [1.54, 1.807) is 0 Å². The number of alkyl halides is 3. The molecule has 1 saturated heterocycles. The van der Waals surface area contributed by atoms with Gasteiger partial charge in [0.05, 0.1) is 6.61 Å². The number of morpholine rings is 1. The highest BCUT2D eigenvalue weighted by Crippen LogP contribution is 2.25. The van der Waals surface area contributed by atoms with Gasteiger partial charge in [0, 0.05) is 12.6 Å². The summed E-state index contributed by atoms with van der Waals surface area (Å²) < 4.78 is 41.3. The average molecular weight is 211 g/mol. The molecule has 0 amide bonds. The lowest BCUT2D eigenvalue weighted by atomic mass is 10.0. The molecule has 0 bridgehead atoms. The molecule has 1 N–H and O–H groups in total. The Morgan fingerprint density at radius 3 is 2.43 bits per heavy atom. The molecule has 1 fully saturated rings. The third kappa shape index (κ3) is 3.46. The maximum Gasteiger partial charge on any atom is 0.415 e. The molecule has 1 aliphatic rings. The fraction of sp³-hybridized carbons (Fsp3) is 1.00. The van der Waals surface area contributed by atoms with Gasteiger partial charge in [0.25, 0.3) is 0 Å². The summed E-state index contributed by atoms with van der Waals surface area (Å²) in [7, 11) is 0. The Bertz CT molecular complexity index is 173. The van der Waals surface area contributed by atoms with Crippen LogP contribution < -0.4 is 5.32 Å². The van der Waals surface area contributed by atoms with Crippen LogP contribution in [0.1, 0.15) is 20.3 Å². The molecule has 0 spiro atoms. The van der Waals surface area contributed by atoms with Gasteiger partial charge in [-0.15, -0.1) is 0 Å². The van der Waals surface area contributed by atoms with Crippen LogP contribution in [0, 0.1) is 5.92 Å². The highest BCUT2D eigenvalue weighted by Gasteiger charge is 2.42. The van der Waals surface area contributed by atoms with E-state index in [9.17, 15) is 13.2 Å². The first-order valence-corrected chi connectivity index (χ1v) is 4.81. The van der Waals surface area contributed by atoms with Gasteiger partial charge in [0.1, 0.15) is 0 Å². The third-order valence-electron chi connectivity index (χ3n) is 2.21. The fourth-order valence-electron chi connectivity index (χ4n) is 1.55. The SMILES string of the molecule is CC(C)CC1COC(C(F)(F)F)CN1. The zero-order chi connectivity index (χ0) is 10.8. The Morgan fingerprint density at radius 1 is 1.43 bits per heavy atom. The minimum absolute atomic E-state index is 0.0635. The van der Waals surface area contributed by atoms with Crippen molar-refractivity contribution in [3.05, 3.63) is 0 Å². The van der Waals surface area contributed by atoms with Crippen LogP contribution in [-0.4, -0.2) is 31.5 Å². The Morgan fingerprint density at radius 2 is 2.07 bits per heavy atom. The molecule has 84 valence electrons. The van der Waals surface area contributed by atoms with Gasteiger partial charge in [-0.2, -0.15) is 13.2 Å². The molecule has 0 aliphatic carbocycles. The van der Waals surface area contributed by atoms with Crippen LogP contribution in [0.15, 0.2) is 0 Å². The van der Waals surface area contributed by atoms with E-state index in [-0.39, 0.29) is 19.2 Å². The smallest absolute Gasteiger partial charge is 0.366 e. The standard InChI is InChI=1S/C9H16F3NO/c1-6(2)3-7-5-14-8(4-13-7)9(10,11)12/h6-8,13H,3-5H2,1-2H3. The van der Waals surface area contributed by atoms with Crippen molar-refractivity contribution in [2.24, 2.45) is 5.92 Å². The summed E-state index contributed by atoms with van der Waals surface area (Å²) in [6.07, 6.45) is -5.02. The maximum absolute atomic E-state index is 12.2. The molecular formula is C9H16F3NO. The van der Waals surface area contributed by atoms with Crippen LogP contribution in [0.5, 0.6) is 0 Å². The average Bonchev–Trinajstić information content (AvgIpc) is 2.02. The van der Waals surface area contributed by atoms with Crippen LogP contribution in [0.2, 0.25) is 0 Å². The Labute approximate surface area is 81.8 Å². The molecule has 0 aromatic heterocycles. The largest absolute Gasteiger partial charge is 0.415 e. The van der Waals surface area contributed by atoms with Crippen molar-refractivity contribution in [2.75, 3.05) is 13.2 Å². The fourth-order valence-corrected chi connectivity index (χ4v) is 1.55. The van der Waals surface area contributed by atoms with Gasteiger partial charge in [0.15, 0.2) is 6.10 Å². The number of ether oxygens (including phenoxy) is 1. The zero-order valence-electron chi connectivity index (χ0n) is 8.40. The van der Waals surface area contributed by atoms with Crippen LogP contribution in [0.4, 0.5) is 13.2 Å². The van der Waals surface area contributed by atoms with Gasteiger partial charge < -0.3 is 10.1 Å². The summed E-state index contributed by atoms with van der Waals surface area (Å²) in [4.78, 5) is 0. The summed E-state index contributed by atoms with van der Waals surface area (Å²) in [5.74, 6) is 0.471. The van der Waals surface area contributed by atoms with Crippen LogP contribution in [-0.2, 0) is 4.74 Å². The zero-order valence-corrected chi connectivity index (χ0v) is 8.40. The Kier molecular flexibility index (Phi) is 3.78. The van der Waals surface area contributed by atoms with E-state index < -0.39 is 12.3 Å². The molecule has 0 aromatic carbocycles. The van der Waals surface area contributed by atoms with Gasteiger partial charge in [0.2, 0.25) is 0 Å². The number of hydrogen-bond donors (Lipinski definition) is 1. The second-order valence-electron chi connectivity index (χ2n) is 4.10. The molecule has 1 heterocycles. The lowest BCUT2D eigenvalue weighted by molar-refractivity contribution is -0.229. The van der Waals surface area contributed by atoms with Crippen molar-refractivity contribution in [1.29, 1.82) is 0 Å². The van der Waals surface area contributed by atoms with Crippen molar-refractivity contribution >= 4 is 0 Å². The van der Waals surface area contributed by atoms with E-state index in [2.05, 4.69) is 5.32 Å². The van der Waals surface area contributed by atoms with Crippen molar-refractivity contribution in [3.63, 3.8) is 0 Å². The van der Waals surface area contributed by atoms with Gasteiger partial charge >= 0.3 is 6.18 Å². The summed E-state index contributed by atoms with van der Waals surface area (Å²) in [5, 5.41) is 2.86. The first kappa shape index (κ1) is 11.8. The highest BCUT2D eigenvalue weighted by molar-refractivity contribution is 4.80. The second-order valence-corrected chi connectivity index (χ2v) is 4.10. The number of rotatable bonds is 2. The van der Waals surface area contributed by atoms with E-state index in [0.717, 1.165) is 6.42 Å². The lowest BCUT2D eigenvalue weighted by Gasteiger charge is -2.32. The molecule has 0 radical (unpaired) electrons. The first-order chi connectivity index (χ1) is 6.39. The normalized spacial score (nSPS) is 29.6. The topological polar surface area (TPSA) is 21.3 Å². The molecule has 0 saturated carbocycles. The summed E-state index contributed by atoms with van der Waals surface area (Å²) >= 11 is 0. The van der Waals surface area contributed by atoms with Crippen molar-refractivity contribution < 1.29 is 17.9 Å². The minimum atomic E-state index is -4.24. The maximum atomic E-state index is 12.2. The Hall–Kier alpha value is -0.290. The van der Waals surface area contributed by atoms with E-state index in [1.807, 2.05) is 13.8 Å². The quantitative estimate of drug-likeness (QED) is 0.753. The van der Waals surface area contributed by atoms with E-state index in [1.165, 1.54) is 0 Å². The van der Waals surface area contributed by atoms with Crippen LogP contribution >= 0.6 is 0 Å². The molecule has 1 rings (SSSR count). The highest BCUT2D eigenvalue weighted by atomic mass is 19.4. The van der Waals surface area contributed by atoms with Gasteiger partial charge in [-0.05, 0) is 12.3 Å². The lowest BCUT2D eigenvalue weighted by Crippen LogP contribution is -2.52. The summed E-state index contributed by atoms with van der Waals surface area (Å²) in [6.45, 7) is 4.11. The van der Waals surface area contributed by atoms with Gasteiger partial charge in [-0.3, -0.25) is 0 Å². The van der Waals surface area contributed by atoms with Gasteiger partial charge in [-0.1, -0.05) is 13.8 Å². The van der Waals surface area contributed by atoms with Crippen molar-refractivity contribution in [3.8, 4) is 0 Å². The molecule has 2 unspecified atom stereocenters. The van der Waals surface area contributed by atoms with Crippen molar-refractivity contribution in [2.45, 2.75) is 38.6 Å². The minimum Gasteiger partial charge on any atom is -0.366 e. The molecule has 14 heavy (non-hydrogen) atoms. The van der Waals surface area contributed by atoms with Crippen LogP contribution in [0.3, 0.4) is 0 Å². The molecule has 2 nitrogen and oxygen atoms in total. The van der Waals surface area contributed by atoms with Crippen molar-refractivity contribution in [1.82, 2.24) is 5.32 Å². The Balaban J connectivity index is 2.31. The second kappa shape index (κ2) is 4.49. The monoisotopic (exact) mass is 211 g/mol. The summed E-state index contributed by atoms with van der Waals surface area (Å²) in [6, 6.07) is 0.0635. The van der Waals surface area contributed by atoms with E-state index >= 15 is 0 Å². The predicted molar refractivity (Wildman–Crippen MR) is 47.0 cm³/mol. The molecule has 0 aromatic rings. The first-order valence-electron chi connectivity index (χ1n) is 4.81. The van der Waals surface area contributed by atoms with E-state index in [0.29, 0.717) is 5.92 Å². The number of nitrogens with one attached hydrogen (secondary N) is 1. The van der Waals surface area contributed by atoms with Gasteiger partial charge in [-0.25, -0.2) is 0 Å². The molecule has 1 aliphatic heterocycles. The number of hydrogen-bond acceptors (Lipinski definition) is 2. The third-order valence-corrected chi connectivity index (χ3v) is 2.21. The molecular weight excluding hydrogens is 195 g/mol. The summed E-state index contributed by atoms with van der Waals surface area (Å²) in [5.41, 5.74) is 0. The molecule has 2 atom stereocenters. The predicted octanol–water partition coefficient (Wildman–Crippen LogP) is 1.95. The molecule has 5 heteroatoms. The van der Waals surface area contributed by atoms with Crippen LogP contribution in [0.25, 0.3) is 0 Å². The van der Waals surface area contributed by atoms with E-state index in [4.69, 9.17) is 4.74 Å². The number of halogens is 3.